The summed E-state index contributed by atoms with van der Waals surface area (Å²) < 4.78 is 16.6. The van der Waals surface area contributed by atoms with Gasteiger partial charge >= 0.3 is 0 Å². The van der Waals surface area contributed by atoms with Gasteiger partial charge in [-0.3, -0.25) is 19.8 Å². The molecule has 0 radical (unpaired) electrons. The first-order valence-electron chi connectivity index (χ1n) is 10.6. The van der Waals surface area contributed by atoms with E-state index in [1.54, 1.807) is 26.2 Å². The monoisotopic (exact) mass is 443 g/mol. The van der Waals surface area contributed by atoms with Crippen LogP contribution >= 0.6 is 0 Å². The molecular weight excluding hydrogens is 414 g/mol. The highest BCUT2D eigenvalue weighted by molar-refractivity contribution is 5.98. The van der Waals surface area contributed by atoms with Crippen LogP contribution < -0.4 is 14.8 Å². The van der Waals surface area contributed by atoms with Gasteiger partial charge in [0.25, 0.3) is 11.6 Å². The summed E-state index contributed by atoms with van der Waals surface area (Å²) in [5.41, 5.74) is 1.28. The van der Waals surface area contributed by atoms with Crippen molar-refractivity contribution in [1.82, 2.24) is 10.2 Å². The van der Waals surface area contributed by atoms with E-state index in [9.17, 15) is 14.9 Å². The van der Waals surface area contributed by atoms with E-state index in [0.29, 0.717) is 50.0 Å². The van der Waals surface area contributed by atoms with Gasteiger partial charge in [-0.1, -0.05) is 18.2 Å². The predicted molar refractivity (Wildman–Crippen MR) is 119 cm³/mol. The Labute approximate surface area is 187 Å². The first kappa shape index (κ1) is 23.5. The number of methoxy groups -OCH3 is 1. The van der Waals surface area contributed by atoms with Crippen LogP contribution in [0.15, 0.2) is 36.4 Å². The number of nitrogens with one attached hydrogen (secondary N) is 1. The second kappa shape index (κ2) is 10.9. The van der Waals surface area contributed by atoms with Crippen LogP contribution in [0, 0.1) is 17.0 Å². The molecule has 0 aliphatic carbocycles. The zero-order valence-corrected chi connectivity index (χ0v) is 18.6. The molecule has 172 valence electrons. The summed E-state index contributed by atoms with van der Waals surface area (Å²) in [5, 5.41) is 14.4. The van der Waals surface area contributed by atoms with E-state index < -0.39 is 10.8 Å². The van der Waals surface area contributed by atoms with Crippen molar-refractivity contribution in [3.8, 4) is 11.5 Å². The van der Waals surface area contributed by atoms with Crippen molar-refractivity contribution in [1.29, 1.82) is 0 Å². The minimum atomic E-state index is -0.513. The molecule has 0 unspecified atom stereocenters. The smallest absolute Gasteiger partial charge is 0.285 e. The SMILES string of the molecule is CCOc1ccc([C@@H](CNC(=O)c2cccc(C)c2[N+](=O)[O-])N2CCOCC2)cc1OC. The van der Waals surface area contributed by atoms with E-state index in [2.05, 4.69) is 10.2 Å². The summed E-state index contributed by atoms with van der Waals surface area (Å²) in [4.78, 5) is 26.1. The van der Waals surface area contributed by atoms with Crippen LogP contribution in [-0.4, -0.2) is 62.3 Å². The highest BCUT2D eigenvalue weighted by Gasteiger charge is 2.27. The molecule has 1 amide bonds. The van der Waals surface area contributed by atoms with Crippen molar-refractivity contribution in [2.45, 2.75) is 19.9 Å². The van der Waals surface area contributed by atoms with Gasteiger partial charge in [-0.25, -0.2) is 0 Å². The number of hydrogen-bond donors (Lipinski definition) is 1. The second-order valence-electron chi connectivity index (χ2n) is 7.45. The number of amides is 1. The topological polar surface area (TPSA) is 103 Å². The fourth-order valence-corrected chi connectivity index (χ4v) is 3.88. The largest absolute Gasteiger partial charge is 0.493 e. The summed E-state index contributed by atoms with van der Waals surface area (Å²) in [6.45, 7) is 6.95. The van der Waals surface area contributed by atoms with Gasteiger partial charge in [0.15, 0.2) is 11.5 Å². The lowest BCUT2D eigenvalue weighted by Gasteiger charge is -2.35. The van der Waals surface area contributed by atoms with Crippen molar-refractivity contribution < 1.29 is 23.9 Å². The Bertz CT molecular complexity index is 959. The Balaban J connectivity index is 1.86. The van der Waals surface area contributed by atoms with E-state index in [0.717, 1.165) is 5.56 Å². The van der Waals surface area contributed by atoms with Gasteiger partial charge in [-0.05, 0) is 37.6 Å². The highest BCUT2D eigenvalue weighted by atomic mass is 16.6. The average molecular weight is 444 g/mol. The number of nitro groups is 1. The Morgan fingerprint density at radius 3 is 2.66 bits per heavy atom. The van der Waals surface area contributed by atoms with Crippen LogP contribution in [0.1, 0.15) is 34.5 Å². The Hall–Kier alpha value is -3.17. The third kappa shape index (κ3) is 5.35. The first-order valence-corrected chi connectivity index (χ1v) is 10.6. The summed E-state index contributed by atoms with van der Waals surface area (Å²) in [6.07, 6.45) is 0. The van der Waals surface area contributed by atoms with Crippen molar-refractivity contribution in [2.75, 3.05) is 46.6 Å². The van der Waals surface area contributed by atoms with Crippen LogP contribution in [0.3, 0.4) is 0 Å². The number of nitro benzene ring substituents is 1. The maximum absolute atomic E-state index is 12.9. The summed E-state index contributed by atoms with van der Waals surface area (Å²) in [5.74, 6) is 0.790. The van der Waals surface area contributed by atoms with Crippen LogP contribution in [0.25, 0.3) is 0 Å². The van der Waals surface area contributed by atoms with Gasteiger partial charge in [0.2, 0.25) is 0 Å². The van der Waals surface area contributed by atoms with Gasteiger partial charge in [0.05, 0.1) is 37.9 Å². The maximum Gasteiger partial charge on any atom is 0.285 e. The maximum atomic E-state index is 12.9. The number of benzene rings is 2. The van der Waals surface area contributed by atoms with Crippen LogP contribution in [0.4, 0.5) is 5.69 Å². The number of para-hydroxylation sites is 1. The molecular formula is C23H29N3O6. The lowest BCUT2D eigenvalue weighted by Crippen LogP contribution is -2.43. The zero-order chi connectivity index (χ0) is 23.1. The number of nitrogens with zero attached hydrogens (tertiary/aromatic N) is 2. The third-order valence-electron chi connectivity index (χ3n) is 5.48. The van der Waals surface area contributed by atoms with Gasteiger partial charge < -0.3 is 19.5 Å². The van der Waals surface area contributed by atoms with E-state index in [4.69, 9.17) is 14.2 Å². The second-order valence-corrected chi connectivity index (χ2v) is 7.45. The van der Waals surface area contributed by atoms with E-state index in [1.165, 1.54) is 6.07 Å². The molecule has 0 spiro atoms. The lowest BCUT2D eigenvalue weighted by molar-refractivity contribution is -0.385. The molecule has 1 aliphatic heterocycles. The Kier molecular flexibility index (Phi) is 8.02. The van der Waals surface area contributed by atoms with Crippen molar-refractivity contribution in [3.63, 3.8) is 0 Å². The lowest BCUT2D eigenvalue weighted by atomic mass is 10.0. The number of ether oxygens (including phenoxy) is 3. The van der Waals surface area contributed by atoms with E-state index in [1.807, 2.05) is 25.1 Å². The first-order chi connectivity index (χ1) is 15.5. The highest BCUT2D eigenvalue weighted by Crippen LogP contribution is 2.32. The average Bonchev–Trinajstić information content (AvgIpc) is 2.80. The zero-order valence-electron chi connectivity index (χ0n) is 18.6. The number of carbonyl (C=O) groups is 1. The molecule has 2 aromatic carbocycles. The van der Waals surface area contributed by atoms with Crippen LogP contribution in [-0.2, 0) is 4.74 Å². The van der Waals surface area contributed by atoms with Gasteiger partial charge in [0.1, 0.15) is 5.56 Å². The van der Waals surface area contributed by atoms with E-state index >= 15 is 0 Å². The quantitative estimate of drug-likeness (QED) is 0.469. The standard InChI is InChI=1S/C23H29N3O6/c1-4-32-20-9-8-17(14-21(20)30-3)19(25-10-12-31-13-11-25)15-24-23(27)18-7-5-6-16(2)22(18)26(28)29/h5-9,14,19H,4,10-13,15H2,1-3H3,(H,24,27)/t19-/m1/s1. The molecule has 0 bridgehead atoms. The molecule has 1 aliphatic rings. The minimum absolute atomic E-state index is 0.0556. The number of aryl methyl sites for hydroxylation is 1. The third-order valence-corrected chi connectivity index (χ3v) is 5.48. The van der Waals surface area contributed by atoms with Crippen molar-refractivity contribution in [2.24, 2.45) is 0 Å². The molecule has 1 atom stereocenters. The minimum Gasteiger partial charge on any atom is -0.493 e. The normalized spacial score (nSPS) is 15.1. The molecule has 1 saturated heterocycles. The van der Waals surface area contributed by atoms with Crippen molar-refractivity contribution >= 4 is 11.6 Å². The van der Waals surface area contributed by atoms with Crippen LogP contribution in [0.5, 0.6) is 11.5 Å². The molecule has 1 fully saturated rings. The molecule has 1 N–H and O–H groups in total. The van der Waals surface area contributed by atoms with Gasteiger partial charge in [-0.15, -0.1) is 0 Å². The molecule has 0 aromatic heterocycles. The fraction of sp³-hybridized carbons (Fsp3) is 0.435. The molecule has 9 nitrogen and oxygen atoms in total. The van der Waals surface area contributed by atoms with Crippen LogP contribution in [0.2, 0.25) is 0 Å². The number of hydrogen-bond acceptors (Lipinski definition) is 7. The molecule has 9 heteroatoms. The number of morpholine rings is 1. The predicted octanol–water partition coefficient (Wildman–Crippen LogP) is 3.11. The fourth-order valence-electron chi connectivity index (χ4n) is 3.88. The molecule has 32 heavy (non-hydrogen) atoms. The molecule has 0 saturated carbocycles. The summed E-state index contributed by atoms with van der Waals surface area (Å²) >= 11 is 0. The summed E-state index contributed by atoms with van der Waals surface area (Å²) in [6, 6.07) is 10.3. The van der Waals surface area contributed by atoms with Gasteiger partial charge in [0, 0.05) is 25.2 Å². The Morgan fingerprint density at radius 1 is 1.25 bits per heavy atom. The van der Waals surface area contributed by atoms with E-state index in [-0.39, 0.29) is 23.8 Å². The summed E-state index contributed by atoms with van der Waals surface area (Å²) in [7, 11) is 1.59. The molecule has 3 rings (SSSR count). The number of carbonyl (C=O) groups excluding carboxylic acids is 1. The molecule has 2 aromatic rings. The van der Waals surface area contributed by atoms with Crippen molar-refractivity contribution in [3.05, 3.63) is 63.2 Å². The number of rotatable bonds is 9. The molecule has 1 heterocycles. The van der Waals surface area contributed by atoms with Gasteiger partial charge in [-0.2, -0.15) is 0 Å². The Morgan fingerprint density at radius 2 is 2.00 bits per heavy atom.